The van der Waals surface area contributed by atoms with Crippen molar-refractivity contribution in [2.45, 2.75) is 92.9 Å². The van der Waals surface area contributed by atoms with Crippen molar-refractivity contribution in [3.8, 4) is 0 Å². The van der Waals surface area contributed by atoms with Crippen LogP contribution in [-0.2, 0) is 16.5 Å². The molecule has 2 aromatic carbocycles. The van der Waals surface area contributed by atoms with Gasteiger partial charge in [0.2, 0.25) is 0 Å². The van der Waals surface area contributed by atoms with E-state index in [1.54, 1.807) is 0 Å². The zero-order chi connectivity index (χ0) is 22.6. The van der Waals surface area contributed by atoms with E-state index < -0.39 is 0 Å². The molecule has 2 rings (SSSR count). The number of para-hydroxylation sites is 2. The molecule has 0 spiro atoms. The Kier molecular flexibility index (Phi) is 12.4. The maximum atomic E-state index is 5.13. The normalized spacial score (nSPS) is 12.4. The number of nitrogens with zero attached hydrogens (tertiary/aromatic N) is 2. The maximum absolute atomic E-state index is 5.13. The summed E-state index contributed by atoms with van der Waals surface area (Å²) in [5, 5.41) is 0. The van der Waals surface area contributed by atoms with Gasteiger partial charge in [0.25, 0.3) is 0 Å². The molecule has 0 fully saturated rings. The standard InChI is InChI=1S/C28H40N2.CH3.Ni.H/c1-17(2)23-13-11-14-24(18(3)4)27(23)29-21(9)22(10)30-28-25(19(5)6)15-12-16-26(28)20(7)8;;;/h11-20H,1-10H3;1H3;;/q;-1;;. The van der Waals surface area contributed by atoms with E-state index >= 15 is 0 Å². The van der Waals surface area contributed by atoms with Crippen LogP contribution in [-0.4, -0.2) is 11.4 Å². The summed E-state index contributed by atoms with van der Waals surface area (Å²) in [4.78, 5) is 10.3. The van der Waals surface area contributed by atoms with Gasteiger partial charge in [-0.15, -0.1) is 0 Å². The van der Waals surface area contributed by atoms with Crippen LogP contribution in [0.4, 0.5) is 11.4 Å². The molecule has 0 amide bonds. The van der Waals surface area contributed by atoms with E-state index in [2.05, 4.69) is 106 Å². The van der Waals surface area contributed by atoms with Crippen LogP contribution in [0.2, 0.25) is 0 Å². The molecule has 2 nitrogen and oxygen atoms in total. The van der Waals surface area contributed by atoms with Gasteiger partial charge in [-0.2, -0.15) is 0 Å². The Hall–Kier alpha value is -1.73. The molecule has 3 heteroatoms. The Bertz CT molecular complexity index is 804. The third kappa shape index (κ3) is 7.14. The molecule has 0 atom stereocenters. The fourth-order valence-electron chi connectivity index (χ4n) is 3.78. The van der Waals surface area contributed by atoms with E-state index in [1.165, 1.54) is 22.3 Å². The van der Waals surface area contributed by atoms with Crippen molar-refractivity contribution in [3.05, 3.63) is 66.1 Å². The fourth-order valence-corrected chi connectivity index (χ4v) is 3.78. The quantitative estimate of drug-likeness (QED) is 0.215. The number of benzene rings is 2. The van der Waals surface area contributed by atoms with Crippen molar-refractivity contribution in [2.75, 3.05) is 0 Å². The first-order valence-electron chi connectivity index (χ1n) is 11.4. The second-order valence-electron chi connectivity index (χ2n) is 9.58. The van der Waals surface area contributed by atoms with E-state index in [-0.39, 0.29) is 23.9 Å². The molecular formula is C29H44N2Ni-. The monoisotopic (exact) mass is 478 g/mol. The molecule has 0 heterocycles. The molecule has 0 N–H and O–H groups in total. The van der Waals surface area contributed by atoms with Crippen LogP contribution in [0.1, 0.15) is 115 Å². The molecular weight excluding hydrogens is 435 g/mol. The van der Waals surface area contributed by atoms with Gasteiger partial charge in [-0.3, -0.25) is 9.98 Å². The van der Waals surface area contributed by atoms with Crippen molar-refractivity contribution in [1.29, 1.82) is 0 Å². The van der Waals surface area contributed by atoms with Gasteiger partial charge in [-0.05, 0) is 59.8 Å². The Balaban J connectivity index is 0.00000480. The predicted octanol–water partition coefficient (Wildman–Crippen LogP) is 9.25. The summed E-state index contributed by atoms with van der Waals surface area (Å²) < 4.78 is 0. The third-order valence-electron chi connectivity index (χ3n) is 5.77. The summed E-state index contributed by atoms with van der Waals surface area (Å²) in [7, 11) is 0. The molecule has 0 aromatic heterocycles. The van der Waals surface area contributed by atoms with E-state index in [4.69, 9.17) is 9.98 Å². The van der Waals surface area contributed by atoms with E-state index in [0.717, 1.165) is 22.8 Å². The van der Waals surface area contributed by atoms with E-state index in [9.17, 15) is 0 Å². The first kappa shape index (κ1) is 30.3. The third-order valence-corrected chi connectivity index (χ3v) is 5.77. The van der Waals surface area contributed by atoms with Crippen LogP contribution in [0.15, 0.2) is 46.4 Å². The first-order valence-corrected chi connectivity index (χ1v) is 11.4. The van der Waals surface area contributed by atoms with Crippen LogP contribution in [0.25, 0.3) is 0 Å². The fraction of sp³-hybridized carbons (Fsp3) is 0.483. The van der Waals surface area contributed by atoms with Crippen LogP contribution >= 0.6 is 0 Å². The zero-order valence-electron chi connectivity index (χ0n) is 22.0. The number of rotatable bonds is 7. The summed E-state index contributed by atoms with van der Waals surface area (Å²) in [5.41, 5.74) is 9.43. The average molecular weight is 479 g/mol. The average Bonchev–Trinajstić information content (AvgIpc) is 2.67. The van der Waals surface area contributed by atoms with Crippen LogP contribution in [0.5, 0.6) is 0 Å². The summed E-state index contributed by atoms with van der Waals surface area (Å²) in [5.74, 6) is 1.73. The van der Waals surface area contributed by atoms with Crippen LogP contribution in [0.3, 0.4) is 0 Å². The van der Waals surface area contributed by atoms with Gasteiger partial charge in [0, 0.05) is 0 Å². The summed E-state index contributed by atoms with van der Waals surface area (Å²) in [6, 6.07) is 13.2. The van der Waals surface area contributed by atoms with Gasteiger partial charge >= 0.3 is 16.5 Å². The summed E-state index contributed by atoms with van der Waals surface area (Å²) in [6.07, 6.45) is 0. The first-order chi connectivity index (χ1) is 14.0. The van der Waals surface area contributed by atoms with Gasteiger partial charge < -0.3 is 7.43 Å². The van der Waals surface area contributed by atoms with Crippen molar-refractivity contribution in [2.24, 2.45) is 9.98 Å². The summed E-state index contributed by atoms with van der Waals surface area (Å²) in [6.45, 7) is 22.1. The van der Waals surface area contributed by atoms with Crippen molar-refractivity contribution < 1.29 is 16.5 Å². The molecule has 0 bridgehead atoms. The van der Waals surface area contributed by atoms with Crippen molar-refractivity contribution >= 4 is 22.8 Å². The molecule has 0 saturated carbocycles. The Morgan fingerprint density at radius 1 is 0.531 bits per heavy atom. The van der Waals surface area contributed by atoms with Gasteiger partial charge in [-0.25, -0.2) is 0 Å². The minimum absolute atomic E-state index is 0. The molecule has 181 valence electrons. The minimum atomic E-state index is 0. The van der Waals surface area contributed by atoms with Crippen LogP contribution in [0, 0.1) is 7.43 Å². The zero-order valence-corrected chi connectivity index (χ0v) is 23.0. The van der Waals surface area contributed by atoms with Gasteiger partial charge in [0.1, 0.15) is 0 Å². The van der Waals surface area contributed by atoms with Gasteiger partial charge in [0.15, 0.2) is 0 Å². The number of hydrogen-bond acceptors (Lipinski definition) is 2. The van der Waals surface area contributed by atoms with Crippen molar-refractivity contribution in [3.63, 3.8) is 0 Å². The second kappa shape index (κ2) is 13.1. The topological polar surface area (TPSA) is 24.7 Å². The molecule has 0 unspecified atom stereocenters. The SMILES string of the molecule is CC(=Nc1c(C(C)C)cccc1C(C)C)C(C)=Nc1c(C(C)C)cccc1C(C)C.[CH3-].[NiH]. The van der Waals surface area contributed by atoms with Crippen LogP contribution < -0.4 is 0 Å². The van der Waals surface area contributed by atoms with E-state index in [1.807, 2.05) is 0 Å². The Morgan fingerprint density at radius 2 is 0.750 bits per heavy atom. The Labute approximate surface area is 208 Å². The molecule has 0 aliphatic carbocycles. The van der Waals surface area contributed by atoms with E-state index in [0.29, 0.717) is 23.7 Å². The predicted molar refractivity (Wildman–Crippen MR) is 143 cm³/mol. The molecule has 0 aliphatic heterocycles. The second-order valence-corrected chi connectivity index (χ2v) is 9.58. The van der Waals surface area contributed by atoms with Crippen molar-refractivity contribution in [1.82, 2.24) is 0 Å². The number of aliphatic imine (C=N–C) groups is 2. The van der Waals surface area contributed by atoms with Gasteiger partial charge in [-0.1, -0.05) is 91.8 Å². The van der Waals surface area contributed by atoms with Gasteiger partial charge in [0.05, 0.1) is 22.8 Å². The number of hydrogen-bond donors (Lipinski definition) is 0. The molecule has 0 aliphatic rings. The summed E-state index contributed by atoms with van der Waals surface area (Å²) >= 11 is 0. The molecule has 0 radical (unpaired) electrons. The molecule has 2 aromatic rings. The molecule has 32 heavy (non-hydrogen) atoms. The Morgan fingerprint density at radius 3 is 0.938 bits per heavy atom. The molecule has 0 saturated heterocycles.